The molecule has 0 atom stereocenters. The van der Waals surface area contributed by atoms with Crippen LogP contribution in [0.4, 0.5) is 5.69 Å². The number of carbonyl (C=O) groups excluding carboxylic acids is 1. The molecule has 5 heteroatoms. The van der Waals surface area contributed by atoms with Crippen molar-refractivity contribution in [1.29, 1.82) is 0 Å². The number of aryl methyl sites for hydroxylation is 1. The fourth-order valence-electron chi connectivity index (χ4n) is 1.59. The highest BCUT2D eigenvalue weighted by molar-refractivity contribution is 5.95. The van der Waals surface area contributed by atoms with E-state index >= 15 is 0 Å². The van der Waals surface area contributed by atoms with E-state index in [1.807, 2.05) is 18.9 Å². The van der Waals surface area contributed by atoms with Crippen LogP contribution in [-0.2, 0) is 4.79 Å². The minimum absolute atomic E-state index is 0.108. The van der Waals surface area contributed by atoms with Crippen LogP contribution in [0.2, 0.25) is 0 Å². The van der Waals surface area contributed by atoms with Gasteiger partial charge in [0.25, 0.3) is 0 Å². The molecule has 0 saturated carbocycles. The number of piperazine rings is 1. The highest BCUT2D eigenvalue weighted by atomic mass is 16.2. The lowest BCUT2D eigenvalue weighted by Crippen LogP contribution is -2.49. The van der Waals surface area contributed by atoms with Gasteiger partial charge in [0, 0.05) is 13.1 Å². The van der Waals surface area contributed by atoms with Crippen LogP contribution in [0.5, 0.6) is 0 Å². The number of carbonyl (C=O) groups is 1. The van der Waals surface area contributed by atoms with Crippen LogP contribution in [0, 0.1) is 6.92 Å². The predicted molar refractivity (Wildman–Crippen MR) is 56.6 cm³/mol. The van der Waals surface area contributed by atoms with Crippen molar-refractivity contribution in [2.45, 2.75) is 6.92 Å². The lowest BCUT2D eigenvalue weighted by molar-refractivity contribution is -0.120. The first-order valence-corrected chi connectivity index (χ1v) is 4.94. The van der Waals surface area contributed by atoms with E-state index in [-0.39, 0.29) is 5.91 Å². The van der Waals surface area contributed by atoms with Gasteiger partial charge in [-0.25, -0.2) is 9.97 Å². The number of likely N-dealkylation sites (N-methyl/N-ethyl adjacent to an activating group) is 1. The third-order valence-electron chi connectivity index (χ3n) is 2.49. The Bertz CT molecular complexity index is 362. The Labute approximate surface area is 88.7 Å². The molecule has 0 bridgehead atoms. The van der Waals surface area contributed by atoms with Gasteiger partial charge in [0.2, 0.25) is 5.91 Å². The van der Waals surface area contributed by atoms with Crippen molar-refractivity contribution in [2.75, 3.05) is 31.6 Å². The maximum Gasteiger partial charge on any atom is 0.241 e. The van der Waals surface area contributed by atoms with Gasteiger partial charge in [-0.15, -0.1) is 0 Å². The van der Waals surface area contributed by atoms with Crippen molar-refractivity contribution in [2.24, 2.45) is 0 Å². The van der Waals surface area contributed by atoms with Gasteiger partial charge in [0.15, 0.2) is 0 Å². The van der Waals surface area contributed by atoms with Gasteiger partial charge in [-0.2, -0.15) is 0 Å². The molecule has 1 fully saturated rings. The molecule has 1 aliphatic heterocycles. The first kappa shape index (κ1) is 10.0. The van der Waals surface area contributed by atoms with E-state index in [4.69, 9.17) is 0 Å². The summed E-state index contributed by atoms with van der Waals surface area (Å²) >= 11 is 0. The summed E-state index contributed by atoms with van der Waals surface area (Å²) in [5, 5.41) is 0. The van der Waals surface area contributed by atoms with E-state index < -0.39 is 0 Å². The van der Waals surface area contributed by atoms with Crippen LogP contribution < -0.4 is 4.90 Å². The van der Waals surface area contributed by atoms with Crippen LogP contribution >= 0.6 is 0 Å². The normalized spacial score (nSPS) is 18.3. The maximum atomic E-state index is 11.7. The molecule has 0 aliphatic carbocycles. The first-order chi connectivity index (χ1) is 7.16. The molecule has 1 aromatic rings. The van der Waals surface area contributed by atoms with Crippen molar-refractivity contribution in [3.8, 4) is 0 Å². The summed E-state index contributed by atoms with van der Waals surface area (Å²) < 4.78 is 0. The molecule has 5 nitrogen and oxygen atoms in total. The molecule has 0 spiro atoms. The number of anilines is 1. The summed E-state index contributed by atoms with van der Waals surface area (Å²) in [6, 6.07) is 0. The van der Waals surface area contributed by atoms with E-state index in [9.17, 15) is 4.79 Å². The molecule has 2 heterocycles. The molecular weight excluding hydrogens is 192 g/mol. The van der Waals surface area contributed by atoms with E-state index in [0.717, 1.165) is 18.1 Å². The summed E-state index contributed by atoms with van der Waals surface area (Å²) in [5.74, 6) is 0.830. The van der Waals surface area contributed by atoms with Crippen LogP contribution in [-0.4, -0.2) is 47.5 Å². The van der Waals surface area contributed by atoms with Crippen molar-refractivity contribution in [3.63, 3.8) is 0 Å². The van der Waals surface area contributed by atoms with Gasteiger partial charge in [0.05, 0.1) is 24.6 Å². The lowest BCUT2D eigenvalue weighted by atomic mass is 10.3. The number of rotatable bonds is 1. The Kier molecular flexibility index (Phi) is 2.64. The van der Waals surface area contributed by atoms with E-state index in [1.54, 1.807) is 17.3 Å². The standard InChI is InChI=1S/C10H14N4O/c1-8-11-5-9(6-12-8)14-4-3-13(2)7-10(14)15/h5-6H,3-4,7H2,1-2H3. The summed E-state index contributed by atoms with van der Waals surface area (Å²) in [4.78, 5) is 23.6. The quantitative estimate of drug-likeness (QED) is 0.652. The molecule has 0 N–H and O–H groups in total. The van der Waals surface area contributed by atoms with Gasteiger partial charge in [0.1, 0.15) is 5.82 Å². The number of amides is 1. The average Bonchev–Trinajstić information content (AvgIpc) is 2.20. The summed E-state index contributed by atoms with van der Waals surface area (Å²) in [5.41, 5.74) is 0.790. The zero-order valence-electron chi connectivity index (χ0n) is 8.97. The van der Waals surface area contributed by atoms with Gasteiger partial charge in [-0.3, -0.25) is 9.69 Å². The third-order valence-corrected chi connectivity index (χ3v) is 2.49. The van der Waals surface area contributed by atoms with Crippen LogP contribution in [0.25, 0.3) is 0 Å². The number of nitrogens with zero attached hydrogens (tertiary/aromatic N) is 4. The highest BCUT2D eigenvalue weighted by Gasteiger charge is 2.22. The Morgan fingerprint density at radius 1 is 1.27 bits per heavy atom. The summed E-state index contributed by atoms with van der Waals surface area (Å²) in [7, 11) is 1.95. The van der Waals surface area contributed by atoms with Gasteiger partial charge in [-0.05, 0) is 14.0 Å². The Morgan fingerprint density at radius 2 is 1.93 bits per heavy atom. The van der Waals surface area contributed by atoms with Crippen molar-refractivity contribution in [3.05, 3.63) is 18.2 Å². The van der Waals surface area contributed by atoms with Crippen LogP contribution in [0.3, 0.4) is 0 Å². The Hall–Kier alpha value is -1.49. The fourth-order valence-corrected chi connectivity index (χ4v) is 1.59. The third kappa shape index (κ3) is 2.12. The van der Waals surface area contributed by atoms with E-state index in [2.05, 4.69) is 9.97 Å². The second-order valence-corrected chi connectivity index (χ2v) is 3.77. The average molecular weight is 206 g/mol. The molecule has 80 valence electrons. The maximum absolute atomic E-state index is 11.7. The van der Waals surface area contributed by atoms with Crippen molar-refractivity contribution in [1.82, 2.24) is 14.9 Å². The molecule has 0 aromatic carbocycles. The second kappa shape index (κ2) is 3.94. The summed E-state index contributed by atoms with van der Waals surface area (Å²) in [6.07, 6.45) is 3.40. The smallest absolute Gasteiger partial charge is 0.241 e. The molecule has 1 aromatic heterocycles. The Morgan fingerprint density at radius 3 is 2.53 bits per heavy atom. The SMILES string of the molecule is Cc1ncc(N2CCN(C)CC2=O)cn1. The molecule has 1 aliphatic rings. The minimum Gasteiger partial charge on any atom is -0.307 e. The largest absolute Gasteiger partial charge is 0.307 e. The van der Waals surface area contributed by atoms with Crippen LogP contribution in [0.1, 0.15) is 5.82 Å². The fraction of sp³-hybridized carbons (Fsp3) is 0.500. The topological polar surface area (TPSA) is 49.3 Å². The molecule has 1 amide bonds. The van der Waals surface area contributed by atoms with Crippen LogP contribution in [0.15, 0.2) is 12.4 Å². The monoisotopic (exact) mass is 206 g/mol. The molecule has 15 heavy (non-hydrogen) atoms. The molecule has 0 radical (unpaired) electrons. The van der Waals surface area contributed by atoms with Gasteiger partial charge < -0.3 is 4.90 Å². The zero-order valence-corrected chi connectivity index (χ0v) is 8.97. The zero-order chi connectivity index (χ0) is 10.8. The highest BCUT2D eigenvalue weighted by Crippen LogP contribution is 2.14. The van der Waals surface area contributed by atoms with Gasteiger partial charge >= 0.3 is 0 Å². The predicted octanol–water partition coefficient (Wildman–Crippen LogP) is 0.0634. The number of hydrogen-bond acceptors (Lipinski definition) is 4. The lowest BCUT2D eigenvalue weighted by Gasteiger charge is -2.31. The van der Waals surface area contributed by atoms with E-state index in [0.29, 0.717) is 13.1 Å². The molecule has 2 rings (SSSR count). The summed E-state index contributed by atoms with van der Waals surface area (Å²) in [6.45, 7) is 3.89. The number of aromatic nitrogens is 2. The van der Waals surface area contributed by atoms with Crippen molar-refractivity contribution < 1.29 is 4.79 Å². The Balaban J connectivity index is 2.17. The molecular formula is C10H14N4O. The number of hydrogen-bond donors (Lipinski definition) is 0. The molecule has 1 saturated heterocycles. The van der Waals surface area contributed by atoms with E-state index in [1.165, 1.54) is 0 Å². The second-order valence-electron chi connectivity index (χ2n) is 3.77. The minimum atomic E-state index is 0.108. The van der Waals surface area contributed by atoms with Crippen molar-refractivity contribution >= 4 is 11.6 Å². The first-order valence-electron chi connectivity index (χ1n) is 4.94. The molecule has 0 unspecified atom stereocenters. The van der Waals surface area contributed by atoms with Gasteiger partial charge in [-0.1, -0.05) is 0 Å².